The monoisotopic (exact) mass is 434 g/mol. The number of para-hydroxylation sites is 1. The highest BCUT2D eigenvalue weighted by atomic mass is 32.1. The molecule has 5 nitrogen and oxygen atoms in total. The number of thiocarbonyl (C=S) groups is 1. The van der Waals surface area contributed by atoms with Crippen LogP contribution >= 0.6 is 12.2 Å². The average molecular weight is 435 g/mol. The summed E-state index contributed by atoms with van der Waals surface area (Å²) in [7, 11) is 0. The summed E-state index contributed by atoms with van der Waals surface area (Å²) in [4.78, 5) is 12.7. The van der Waals surface area contributed by atoms with Crippen LogP contribution in [0, 0.1) is 0 Å². The zero-order valence-corrected chi connectivity index (χ0v) is 18.8. The van der Waals surface area contributed by atoms with Crippen molar-refractivity contribution in [1.29, 1.82) is 0 Å². The molecule has 0 saturated carbocycles. The number of aryl methyl sites for hydroxylation is 1. The predicted octanol–water partition coefficient (Wildman–Crippen LogP) is 5.90. The summed E-state index contributed by atoms with van der Waals surface area (Å²) in [5, 5.41) is 10.3. The number of carbonyl (C=O) groups is 1. The lowest BCUT2D eigenvalue weighted by molar-refractivity contribution is 0.0970. The first-order chi connectivity index (χ1) is 15.2. The number of nitrogens with zero attached hydrogens (tertiary/aromatic N) is 2. The van der Waals surface area contributed by atoms with Crippen molar-refractivity contribution in [3.63, 3.8) is 0 Å². The summed E-state index contributed by atoms with van der Waals surface area (Å²) < 4.78 is 1.59. The van der Waals surface area contributed by atoms with Crippen LogP contribution in [0.1, 0.15) is 61.5 Å². The third-order valence-corrected chi connectivity index (χ3v) is 5.34. The largest absolute Gasteiger partial charge is 0.332 e. The first-order valence-electron chi connectivity index (χ1n) is 11.0. The Bertz CT molecular complexity index is 967. The molecule has 6 heteroatoms. The third kappa shape index (κ3) is 7.03. The predicted molar refractivity (Wildman–Crippen MR) is 131 cm³/mol. The molecular weight excluding hydrogens is 404 g/mol. The fourth-order valence-electron chi connectivity index (χ4n) is 3.44. The second-order valence-corrected chi connectivity index (χ2v) is 7.99. The quantitative estimate of drug-likeness (QED) is 0.308. The lowest BCUT2D eigenvalue weighted by Gasteiger charge is -2.11. The van der Waals surface area contributed by atoms with Gasteiger partial charge in [0, 0.05) is 5.69 Å². The van der Waals surface area contributed by atoms with E-state index in [0.29, 0.717) is 5.69 Å². The van der Waals surface area contributed by atoms with Gasteiger partial charge >= 0.3 is 0 Å². The number of unbranched alkanes of at least 4 members (excludes halogenated alkanes) is 5. The van der Waals surface area contributed by atoms with Gasteiger partial charge in [-0.25, -0.2) is 4.68 Å². The maximum absolute atomic E-state index is 12.7. The van der Waals surface area contributed by atoms with Gasteiger partial charge in [0.2, 0.25) is 0 Å². The lowest BCUT2D eigenvalue weighted by atomic mass is 10.0. The van der Waals surface area contributed by atoms with Gasteiger partial charge in [0.15, 0.2) is 5.11 Å². The van der Waals surface area contributed by atoms with Crippen LogP contribution in [0.5, 0.6) is 0 Å². The van der Waals surface area contributed by atoms with Crippen LogP contribution in [0.25, 0.3) is 5.69 Å². The number of benzene rings is 2. The Balaban J connectivity index is 1.48. The zero-order valence-electron chi connectivity index (χ0n) is 18.0. The molecule has 0 unspecified atom stereocenters. The summed E-state index contributed by atoms with van der Waals surface area (Å²) in [6, 6.07) is 19.4. The maximum Gasteiger partial charge on any atom is 0.276 e. The second-order valence-electron chi connectivity index (χ2n) is 7.59. The Morgan fingerprint density at radius 1 is 0.935 bits per heavy atom. The molecule has 0 bridgehead atoms. The fourth-order valence-corrected chi connectivity index (χ4v) is 3.65. The SMILES string of the molecule is CCCCCCCCc1ccc(NC(=S)NC(=O)c2ccnn2-c2ccccc2)cc1. The van der Waals surface area contributed by atoms with Gasteiger partial charge in [-0.2, -0.15) is 5.10 Å². The molecule has 0 aliphatic carbocycles. The molecule has 0 radical (unpaired) electrons. The van der Waals surface area contributed by atoms with Crippen LogP contribution in [0.15, 0.2) is 66.9 Å². The van der Waals surface area contributed by atoms with E-state index >= 15 is 0 Å². The van der Waals surface area contributed by atoms with Crippen molar-refractivity contribution in [1.82, 2.24) is 15.1 Å². The average Bonchev–Trinajstić information content (AvgIpc) is 3.28. The second kappa shape index (κ2) is 12.0. The van der Waals surface area contributed by atoms with E-state index in [4.69, 9.17) is 12.2 Å². The Morgan fingerprint density at radius 3 is 2.39 bits per heavy atom. The zero-order chi connectivity index (χ0) is 21.9. The van der Waals surface area contributed by atoms with Gasteiger partial charge in [0.05, 0.1) is 11.9 Å². The molecule has 0 aliphatic heterocycles. The van der Waals surface area contributed by atoms with E-state index in [1.165, 1.54) is 44.1 Å². The van der Waals surface area contributed by atoms with Gasteiger partial charge in [0.1, 0.15) is 5.69 Å². The highest BCUT2D eigenvalue weighted by Crippen LogP contribution is 2.14. The van der Waals surface area contributed by atoms with Gasteiger partial charge in [-0.05, 0) is 61.0 Å². The molecule has 0 spiro atoms. The van der Waals surface area contributed by atoms with Crippen LogP contribution in [0.2, 0.25) is 0 Å². The van der Waals surface area contributed by atoms with Crippen molar-refractivity contribution in [2.24, 2.45) is 0 Å². The van der Waals surface area contributed by atoms with Gasteiger partial charge < -0.3 is 5.32 Å². The standard InChI is InChI=1S/C25H30N4OS/c1-2-3-4-5-6-8-11-20-14-16-21(17-15-20)27-25(31)28-24(30)23-18-19-26-29(23)22-12-9-7-10-13-22/h7,9-10,12-19H,2-6,8,11H2,1H3,(H2,27,28,30,31). The van der Waals surface area contributed by atoms with Crippen molar-refractivity contribution < 1.29 is 4.79 Å². The van der Waals surface area contributed by atoms with E-state index in [0.717, 1.165) is 17.8 Å². The number of hydrogen-bond donors (Lipinski definition) is 2. The Labute approximate surface area is 189 Å². The van der Waals surface area contributed by atoms with Gasteiger partial charge in [0.25, 0.3) is 5.91 Å². The number of amides is 1. The number of rotatable bonds is 10. The van der Waals surface area contributed by atoms with Crippen LogP contribution in [0.3, 0.4) is 0 Å². The fraction of sp³-hybridized carbons (Fsp3) is 0.320. The molecule has 1 heterocycles. The number of anilines is 1. The minimum Gasteiger partial charge on any atom is -0.332 e. The van der Waals surface area contributed by atoms with Gasteiger partial charge in [-0.15, -0.1) is 0 Å². The van der Waals surface area contributed by atoms with E-state index in [2.05, 4.69) is 34.8 Å². The number of carbonyl (C=O) groups excluding carboxylic acids is 1. The highest BCUT2D eigenvalue weighted by Gasteiger charge is 2.14. The van der Waals surface area contributed by atoms with Crippen LogP contribution in [-0.4, -0.2) is 20.8 Å². The molecule has 31 heavy (non-hydrogen) atoms. The Hall–Kier alpha value is -2.99. The Morgan fingerprint density at radius 2 is 1.65 bits per heavy atom. The van der Waals surface area contributed by atoms with Gasteiger partial charge in [-0.3, -0.25) is 10.1 Å². The molecule has 0 aliphatic rings. The summed E-state index contributed by atoms with van der Waals surface area (Å²) in [5.74, 6) is -0.307. The smallest absolute Gasteiger partial charge is 0.276 e. The van der Waals surface area contributed by atoms with Crippen molar-refractivity contribution in [3.05, 3.63) is 78.1 Å². The molecule has 2 N–H and O–H groups in total. The molecule has 2 aromatic carbocycles. The van der Waals surface area contributed by atoms with Crippen molar-refractivity contribution >= 4 is 28.9 Å². The molecule has 3 aromatic rings. The summed E-state index contributed by atoms with van der Waals surface area (Å²) in [5.41, 5.74) is 3.42. The number of aromatic nitrogens is 2. The van der Waals surface area contributed by atoms with Crippen LogP contribution < -0.4 is 10.6 Å². The minimum absolute atomic E-state index is 0.259. The van der Waals surface area contributed by atoms with Crippen LogP contribution in [0.4, 0.5) is 5.69 Å². The van der Waals surface area contributed by atoms with E-state index in [9.17, 15) is 4.79 Å². The van der Waals surface area contributed by atoms with E-state index < -0.39 is 0 Å². The normalized spacial score (nSPS) is 10.6. The molecule has 0 saturated heterocycles. The van der Waals surface area contributed by atoms with E-state index in [1.54, 1.807) is 16.9 Å². The third-order valence-electron chi connectivity index (χ3n) is 5.13. The van der Waals surface area contributed by atoms with Crippen molar-refractivity contribution in [3.8, 4) is 5.69 Å². The highest BCUT2D eigenvalue weighted by molar-refractivity contribution is 7.80. The van der Waals surface area contributed by atoms with Gasteiger partial charge in [-0.1, -0.05) is 69.4 Å². The topological polar surface area (TPSA) is 58.9 Å². The number of nitrogens with one attached hydrogen (secondary N) is 2. The summed E-state index contributed by atoms with van der Waals surface area (Å²) in [6.07, 6.45) is 10.5. The van der Waals surface area contributed by atoms with Crippen molar-refractivity contribution in [2.45, 2.75) is 51.9 Å². The minimum atomic E-state index is -0.307. The number of hydrogen-bond acceptors (Lipinski definition) is 3. The molecule has 3 rings (SSSR count). The van der Waals surface area contributed by atoms with E-state index in [1.807, 2.05) is 42.5 Å². The first-order valence-corrected chi connectivity index (χ1v) is 11.4. The summed E-state index contributed by atoms with van der Waals surface area (Å²) >= 11 is 5.33. The first kappa shape index (κ1) is 22.7. The van der Waals surface area contributed by atoms with E-state index in [-0.39, 0.29) is 11.0 Å². The molecule has 1 aromatic heterocycles. The molecular formula is C25H30N4OS. The summed E-state index contributed by atoms with van der Waals surface area (Å²) in [6.45, 7) is 2.24. The van der Waals surface area contributed by atoms with Crippen molar-refractivity contribution in [2.75, 3.05) is 5.32 Å². The molecule has 162 valence electrons. The molecule has 1 amide bonds. The molecule has 0 atom stereocenters. The Kier molecular flexibility index (Phi) is 8.79. The maximum atomic E-state index is 12.7. The van der Waals surface area contributed by atoms with Crippen LogP contribution in [-0.2, 0) is 6.42 Å². The molecule has 0 fully saturated rings. The lowest BCUT2D eigenvalue weighted by Crippen LogP contribution is -2.35.